The summed E-state index contributed by atoms with van der Waals surface area (Å²) >= 11 is 0. The molecule has 0 atom stereocenters. The van der Waals surface area contributed by atoms with Crippen molar-refractivity contribution in [3.8, 4) is 11.5 Å². The molecule has 138 valence electrons. The lowest BCUT2D eigenvalue weighted by Crippen LogP contribution is -2.34. The van der Waals surface area contributed by atoms with Crippen LogP contribution in [0.2, 0.25) is 0 Å². The van der Waals surface area contributed by atoms with Gasteiger partial charge in [-0.3, -0.25) is 9.78 Å². The number of rotatable bonds is 4. The van der Waals surface area contributed by atoms with E-state index in [1.54, 1.807) is 18.3 Å². The molecule has 2 aromatic heterocycles. The van der Waals surface area contributed by atoms with Crippen LogP contribution in [0.5, 0.6) is 0 Å². The third kappa shape index (κ3) is 3.45. The van der Waals surface area contributed by atoms with E-state index in [-0.39, 0.29) is 17.3 Å². The zero-order valence-electron chi connectivity index (χ0n) is 14.9. The first-order valence-electron chi connectivity index (χ1n) is 8.93. The van der Waals surface area contributed by atoms with Crippen LogP contribution in [0.1, 0.15) is 41.9 Å². The number of pyridine rings is 1. The van der Waals surface area contributed by atoms with Gasteiger partial charge in [-0.15, -0.1) is 0 Å². The Bertz CT molecular complexity index is 950. The van der Waals surface area contributed by atoms with E-state index >= 15 is 0 Å². The van der Waals surface area contributed by atoms with Crippen molar-refractivity contribution < 1.29 is 13.7 Å². The van der Waals surface area contributed by atoms with Gasteiger partial charge in [0.2, 0.25) is 11.7 Å². The predicted octanol–water partition coefficient (Wildman–Crippen LogP) is 3.86. The number of ketones is 1. The predicted molar refractivity (Wildman–Crippen MR) is 98.1 cm³/mol. The van der Waals surface area contributed by atoms with E-state index in [0.29, 0.717) is 36.2 Å². The van der Waals surface area contributed by atoms with Crippen molar-refractivity contribution >= 4 is 11.5 Å². The minimum absolute atomic E-state index is 0.139. The summed E-state index contributed by atoms with van der Waals surface area (Å²) in [5.74, 6) is 0.486. The summed E-state index contributed by atoms with van der Waals surface area (Å²) in [5, 5.41) is 4.03. The minimum Gasteiger partial charge on any atom is -0.371 e. The number of piperidine rings is 1. The van der Waals surface area contributed by atoms with Gasteiger partial charge in [0.25, 0.3) is 0 Å². The van der Waals surface area contributed by atoms with E-state index in [9.17, 15) is 9.18 Å². The molecule has 1 aliphatic rings. The topological polar surface area (TPSA) is 72.1 Å². The Kier molecular flexibility index (Phi) is 4.66. The summed E-state index contributed by atoms with van der Waals surface area (Å²) in [6.07, 6.45) is 3.27. The second-order valence-corrected chi connectivity index (χ2v) is 6.62. The van der Waals surface area contributed by atoms with Crippen LogP contribution in [0.4, 0.5) is 10.1 Å². The summed E-state index contributed by atoms with van der Waals surface area (Å²) in [7, 11) is 0. The van der Waals surface area contributed by atoms with E-state index < -0.39 is 5.82 Å². The summed E-state index contributed by atoms with van der Waals surface area (Å²) in [6, 6.07) is 10.3. The SMILES string of the molecule is CC(=O)c1c(F)cccc1N1CCC(c2nc(-c3ccccn3)no2)CC1. The molecule has 0 unspecified atom stereocenters. The van der Waals surface area contributed by atoms with Gasteiger partial charge in [0.1, 0.15) is 11.5 Å². The van der Waals surface area contributed by atoms with Crippen molar-refractivity contribution in [3.05, 3.63) is 59.9 Å². The lowest BCUT2D eigenvalue weighted by molar-refractivity contribution is 0.101. The van der Waals surface area contributed by atoms with Crippen LogP contribution in [0.15, 0.2) is 47.1 Å². The quantitative estimate of drug-likeness (QED) is 0.653. The maximum Gasteiger partial charge on any atom is 0.230 e. The average Bonchev–Trinajstić information content (AvgIpc) is 3.18. The molecule has 1 saturated heterocycles. The Balaban J connectivity index is 1.48. The number of benzene rings is 1. The number of carbonyl (C=O) groups is 1. The Hall–Kier alpha value is -3.09. The van der Waals surface area contributed by atoms with E-state index in [1.807, 2.05) is 23.1 Å². The smallest absolute Gasteiger partial charge is 0.230 e. The third-order valence-electron chi connectivity index (χ3n) is 4.86. The molecular formula is C20H19FN4O2. The van der Waals surface area contributed by atoms with Crippen LogP contribution in [-0.2, 0) is 0 Å². The maximum absolute atomic E-state index is 14.1. The number of anilines is 1. The second kappa shape index (κ2) is 7.26. The Morgan fingerprint density at radius 1 is 1.19 bits per heavy atom. The van der Waals surface area contributed by atoms with Crippen LogP contribution in [0.25, 0.3) is 11.5 Å². The van der Waals surface area contributed by atoms with Crippen molar-refractivity contribution in [1.29, 1.82) is 0 Å². The van der Waals surface area contributed by atoms with E-state index in [1.165, 1.54) is 13.0 Å². The number of halogens is 1. The number of nitrogens with zero attached hydrogens (tertiary/aromatic N) is 4. The third-order valence-corrected chi connectivity index (χ3v) is 4.86. The molecule has 0 radical (unpaired) electrons. The molecular weight excluding hydrogens is 347 g/mol. The fraction of sp³-hybridized carbons (Fsp3) is 0.300. The fourth-order valence-corrected chi connectivity index (χ4v) is 3.49. The molecule has 6 nitrogen and oxygen atoms in total. The van der Waals surface area contributed by atoms with Gasteiger partial charge in [0, 0.05) is 25.2 Å². The molecule has 3 aromatic rings. The molecule has 27 heavy (non-hydrogen) atoms. The molecule has 4 rings (SSSR count). The lowest BCUT2D eigenvalue weighted by Gasteiger charge is -2.33. The maximum atomic E-state index is 14.1. The van der Waals surface area contributed by atoms with Crippen molar-refractivity contribution in [2.75, 3.05) is 18.0 Å². The summed E-state index contributed by atoms with van der Waals surface area (Å²) in [6.45, 7) is 2.78. The monoisotopic (exact) mass is 366 g/mol. The molecule has 1 aromatic carbocycles. The van der Waals surface area contributed by atoms with Crippen LogP contribution in [0.3, 0.4) is 0 Å². The molecule has 0 bridgehead atoms. The highest BCUT2D eigenvalue weighted by Gasteiger charge is 2.28. The van der Waals surface area contributed by atoms with Crippen LogP contribution in [-0.4, -0.2) is 34.0 Å². The van der Waals surface area contributed by atoms with E-state index in [0.717, 1.165) is 12.8 Å². The first kappa shape index (κ1) is 17.3. The number of hydrogen-bond acceptors (Lipinski definition) is 6. The van der Waals surface area contributed by atoms with Crippen molar-refractivity contribution in [3.63, 3.8) is 0 Å². The molecule has 3 heterocycles. The zero-order chi connectivity index (χ0) is 18.8. The van der Waals surface area contributed by atoms with Gasteiger partial charge < -0.3 is 9.42 Å². The first-order valence-corrected chi connectivity index (χ1v) is 8.93. The number of aromatic nitrogens is 3. The van der Waals surface area contributed by atoms with Gasteiger partial charge in [-0.2, -0.15) is 4.98 Å². The van der Waals surface area contributed by atoms with Crippen LogP contribution in [0, 0.1) is 5.82 Å². The number of carbonyl (C=O) groups excluding carboxylic acids is 1. The summed E-state index contributed by atoms with van der Waals surface area (Å²) < 4.78 is 19.5. The van der Waals surface area contributed by atoms with Gasteiger partial charge in [-0.25, -0.2) is 4.39 Å². The number of Topliss-reactive ketones (excluding diaryl/α,β-unsaturated/α-hetero) is 1. The van der Waals surface area contributed by atoms with Crippen molar-refractivity contribution in [2.45, 2.75) is 25.7 Å². The van der Waals surface area contributed by atoms with E-state index in [2.05, 4.69) is 15.1 Å². The normalized spacial score (nSPS) is 15.1. The second-order valence-electron chi connectivity index (χ2n) is 6.62. The largest absolute Gasteiger partial charge is 0.371 e. The van der Waals surface area contributed by atoms with Crippen LogP contribution < -0.4 is 4.90 Å². The molecule has 0 spiro atoms. The molecule has 7 heteroatoms. The summed E-state index contributed by atoms with van der Waals surface area (Å²) in [5.41, 5.74) is 1.49. The highest BCUT2D eigenvalue weighted by molar-refractivity contribution is 6.00. The van der Waals surface area contributed by atoms with Crippen molar-refractivity contribution in [1.82, 2.24) is 15.1 Å². The molecule has 1 fully saturated rings. The Morgan fingerprint density at radius 2 is 2.00 bits per heavy atom. The molecule has 0 aliphatic carbocycles. The van der Waals surface area contributed by atoms with E-state index in [4.69, 9.17) is 4.52 Å². The highest BCUT2D eigenvalue weighted by atomic mass is 19.1. The minimum atomic E-state index is -0.473. The Labute approximate surface area is 156 Å². The molecule has 0 N–H and O–H groups in total. The van der Waals surface area contributed by atoms with Gasteiger partial charge in [-0.1, -0.05) is 17.3 Å². The number of hydrogen-bond donors (Lipinski definition) is 0. The van der Waals surface area contributed by atoms with Gasteiger partial charge >= 0.3 is 0 Å². The molecule has 0 amide bonds. The van der Waals surface area contributed by atoms with Gasteiger partial charge in [0.15, 0.2) is 5.78 Å². The molecule has 1 aliphatic heterocycles. The zero-order valence-corrected chi connectivity index (χ0v) is 14.9. The standard InChI is InChI=1S/C20H19FN4O2/c1-13(26)18-15(21)5-4-7-17(18)25-11-8-14(9-12-25)20-23-19(24-27-20)16-6-2-3-10-22-16/h2-7,10,14H,8-9,11-12H2,1H3. The lowest BCUT2D eigenvalue weighted by atomic mass is 9.95. The Morgan fingerprint density at radius 3 is 2.70 bits per heavy atom. The van der Waals surface area contributed by atoms with Crippen LogP contribution >= 0.6 is 0 Å². The fourth-order valence-electron chi connectivity index (χ4n) is 3.49. The van der Waals surface area contributed by atoms with Crippen molar-refractivity contribution in [2.24, 2.45) is 0 Å². The molecule has 0 saturated carbocycles. The average molecular weight is 366 g/mol. The first-order chi connectivity index (χ1) is 13.1. The highest BCUT2D eigenvalue weighted by Crippen LogP contribution is 2.32. The van der Waals surface area contributed by atoms with Gasteiger partial charge in [0.05, 0.1) is 11.3 Å². The van der Waals surface area contributed by atoms with Gasteiger partial charge in [-0.05, 0) is 44.0 Å². The summed E-state index contributed by atoms with van der Waals surface area (Å²) in [4.78, 5) is 22.6.